The second-order valence-electron chi connectivity index (χ2n) is 4.56. The van der Waals surface area contributed by atoms with Crippen LogP contribution < -0.4 is 11.1 Å². The molecule has 1 atom stereocenters. The van der Waals surface area contributed by atoms with Crippen LogP contribution in [0.1, 0.15) is 17.9 Å². The fraction of sp³-hybridized carbons (Fsp3) is 0.385. The summed E-state index contributed by atoms with van der Waals surface area (Å²) in [6.07, 6.45) is 0.881. The molecule has 2 rings (SSSR count). The SMILES string of the molecule is NC(=O)NCC(=O)N1CC[C@@H](c2ccccc2Cl)C1. The van der Waals surface area contributed by atoms with Gasteiger partial charge in [-0.1, -0.05) is 29.8 Å². The third kappa shape index (κ3) is 3.38. The van der Waals surface area contributed by atoms with Crippen molar-refractivity contribution in [1.82, 2.24) is 10.2 Å². The van der Waals surface area contributed by atoms with Crippen LogP contribution in [0.15, 0.2) is 24.3 Å². The molecule has 1 aromatic carbocycles. The van der Waals surface area contributed by atoms with Crippen LogP contribution in [0.2, 0.25) is 5.02 Å². The molecule has 1 heterocycles. The summed E-state index contributed by atoms with van der Waals surface area (Å²) in [7, 11) is 0. The molecular formula is C13H16ClN3O2. The second-order valence-corrected chi connectivity index (χ2v) is 4.97. The molecule has 3 amide bonds. The maximum atomic E-state index is 11.8. The summed E-state index contributed by atoms with van der Waals surface area (Å²) in [5, 5.41) is 3.04. The predicted octanol–water partition coefficient (Wildman–Crippen LogP) is 1.32. The highest BCUT2D eigenvalue weighted by molar-refractivity contribution is 6.31. The highest BCUT2D eigenvalue weighted by atomic mass is 35.5. The third-order valence-electron chi connectivity index (χ3n) is 3.30. The standard InChI is InChI=1S/C13H16ClN3O2/c14-11-4-2-1-3-10(11)9-5-6-17(8-9)12(18)7-16-13(15)19/h1-4,9H,5-8H2,(H3,15,16,19)/t9-/m1/s1. The van der Waals surface area contributed by atoms with Gasteiger partial charge in [-0.15, -0.1) is 0 Å². The van der Waals surface area contributed by atoms with Crippen LogP contribution in [0.4, 0.5) is 4.79 Å². The fourth-order valence-electron chi connectivity index (χ4n) is 2.32. The molecule has 0 radical (unpaired) electrons. The maximum Gasteiger partial charge on any atom is 0.312 e. The number of nitrogens with zero attached hydrogens (tertiary/aromatic N) is 1. The van der Waals surface area contributed by atoms with Crippen molar-refractivity contribution in [3.05, 3.63) is 34.9 Å². The number of benzene rings is 1. The Kier molecular flexibility index (Phi) is 4.27. The molecule has 0 bridgehead atoms. The summed E-state index contributed by atoms with van der Waals surface area (Å²) in [6.45, 7) is 1.25. The van der Waals surface area contributed by atoms with Crippen molar-refractivity contribution in [1.29, 1.82) is 0 Å². The van der Waals surface area contributed by atoms with Crippen LogP contribution >= 0.6 is 11.6 Å². The van der Waals surface area contributed by atoms with Crippen LogP contribution in [0.5, 0.6) is 0 Å². The average Bonchev–Trinajstić information content (AvgIpc) is 2.86. The molecule has 0 aliphatic carbocycles. The normalized spacial score (nSPS) is 18.4. The molecule has 0 unspecified atom stereocenters. The zero-order valence-corrected chi connectivity index (χ0v) is 11.2. The first-order valence-electron chi connectivity index (χ1n) is 6.13. The maximum absolute atomic E-state index is 11.8. The van der Waals surface area contributed by atoms with Crippen molar-refractivity contribution >= 4 is 23.5 Å². The predicted molar refractivity (Wildman–Crippen MR) is 73.0 cm³/mol. The first-order chi connectivity index (χ1) is 9.08. The van der Waals surface area contributed by atoms with Crippen LogP contribution in [0, 0.1) is 0 Å². The van der Waals surface area contributed by atoms with E-state index in [1.54, 1.807) is 4.90 Å². The molecule has 1 fully saturated rings. The Morgan fingerprint density at radius 1 is 1.42 bits per heavy atom. The van der Waals surface area contributed by atoms with Crippen LogP contribution in [-0.2, 0) is 4.79 Å². The number of halogens is 1. The van der Waals surface area contributed by atoms with E-state index in [9.17, 15) is 9.59 Å². The summed E-state index contributed by atoms with van der Waals surface area (Å²) < 4.78 is 0. The first kappa shape index (κ1) is 13.7. The molecule has 1 aliphatic rings. The van der Waals surface area contributed by atoms with E-state index in [0.29, 0.717) is 13.1 Å². The smallest absolute Gasteiger partial charge is 0.312 e. The van der Waals surface area contributed by atoms with Gasteiger partial charge in [0, 0.05) is 24.0 Å². The number of likely N-dealkylation sites (tertiary alicyclic amines) is 1. The topological polar surface area (TPSA) is 75.4 Å². The van der Waals surface area contributed by atoms with Crippen molar-refractivity contribution in [3.63, 3.8) is 0 Å². The van der Waals surface area contributed by atoms with E-state index in [0.717, 1.165) is 17.0 Å². The molecular weight excluding hydrogens is 266 g/mol. The van der Waals surface area contributed by atoms with E-state index in [4.69, 9.17) is 17.3 Å². The van der Waals surface area contributed by atoms with Crippen molar-refractivity contribution in [3.8, 4) is 0 Å². The van der Waals surface area contributed by atoms with Crippen LogP contribution in [0.3, 0.4) is 0 Å². The van der Waals surface area contributed by atoms with Crippen molar-refractivity contribution in [2.24, 2.45) is 5.73 Å². The second kappa shape index (κ2) is 5.93. The summed E-state index contributed by atoms with van der Waals surface area (Å²) in [5.41, 5.74) is 6.01. The Hall–Kier alpha value is -1.75. The Labute approximate surface area is 116 Å². The number of urea groups is 1. The van der Waals surface area contributed by atoms with E-state index in [-0.39, 0.29) is 18.4 Å². The van der Waals surface area contributed by atoms with E-state index in [2.05, 4.69) is 5.32 Å². The monoisotopic (exact) mass is 281 g/mol. The van der Waals surface area contributed by atoms with Crippen molar-refractivity contribution in [2.45, 2.75) is 12.3 Å². The molecule has 0 spiro atoms. The largest absolute Gasteiger partial charge is 0.352 e. The minimum absolute atomic E-state index is 0.0510. The van der Waals surface area contributed by atoms with Crippen molar-refractivity contribution in [2.75, 3.05) is 19.6 Å². The zero-order chi connectivity index (χ0) is 13.8. The van der Waals surface area contributed by atoms with Gasteiger partial charge < -0.3 is 16.0 Å². The van der Waals surface area contributed by atoms with E-state index in [1.807, 2.05) is 24.3 Å². The number of nitrogens with two attached hydrogens (primary N) is 1. The highest BCUT2D eigenvalue weighted by Crippen LogP contribution is 2.31. The molecule has 0 aromatic heterocycles. The summed E-state index contributed by atoms with van der Waals surface area (Å²) >= 11 is 6.16. The molecule has 19 heavy (non-hydrogen) atoms. The Balaban J connectivity index is 1.95. The molecule has 1 aliphatic heterocycles. The molecule has 6 heteroatoms. The molecule has 5 nitrogen and oxygen atoms in total. The summed E-state index contributed by atoms with van der Waals surface area (Å²) in [6, 6.07) is 7.00. The lowest BCUT2D eigenvalue weighted by molar-refractivity contribution is -0.129. The molecule has 0 saturated carbocycles. The Morgan fingerprint density at radius 2 is 2.16 bits per heavy atom. The number of carbonyl (C=O) groups is 2. The van der Waals surface area contributed by atoms with Gasteiger partial charge in [-0.3, -0.25) is 4.79 Å². The Bertz CT molecular complexity index is 493. The highest BCUT2D eigenvalue weighted by Gasteiger charge is 2.28. The van der Waals surface area contributed by atoms with Gasteiger partial charge in [0.2, 0.25) is 5.91 Å². The lowest BCUT2D eigenvalue weighted by Gasteiger charge is -2.17. The van der Waals surface area contributed by atoms with Gasteiger partial charge in [0.25, 0.3) is 0 Å². The number of amides is 3. The quantitative estimate of drug-likeness (QED) is 0.877. The van der Waals surface area contributed by atoms with Crippen LogP contribution in [-0.4, -0.2) is 36.5 Å². The zero-order valence-electron chi connectivity index (χ0n) is 10.4. The lowest BCUT2D eigenvalue weighted by Crippen LogP contribution is -2.40. The number of primary amides is 1. The van der Waals surface area contributed by atoms with Gasteiger partial charge in [-0.05, 0) is 18.1 Å². The minimum Gasteiger partial charge on any atom is -0.352 e. The fourth-order valence-corrected chi connectivity index (χ4v) is 2.61. The molecule has 1 aromatic rings. The first-order valence-corrected chi connectivity index (χ1v) is 6.51. The lowest BCUT2D eigenvalue weighted by atomic mass is 9.98. The number of hydrogen-bond acceptors (Lipinski definition) is 2. The minimum atomic E-state index is -0.685. The van der Waals surface area contributed by atoms with E-state index < -0.39 is 6.03 Å². The molecule has 1 saturated heterocycles. The van der Waals surface area contributed by atoms with Crippen LogP contribution in [0.25, 0.3) is 0 Å². The van der Waals surface area contributed by atoms with Crippen molar-refractivity contribution < 1.29 is 9.59 Å². The van der Waals surface area contributed by atoms with Gasteiger partial charge in [0.1, 0.15) is 0 Å². The van der Waals surface area contributed by atoms with Gasteiger partial charge in [-0.2, -0.15) is 0 Å². The van der Waals surface area contributed by atoms with Gasteiger partial charge in [0.05, 0.1) is 6.54 Å². The third-order valence-corrected chi connectivity index (χ3v) is 3.64. The Morgan fingerprint density at radius 3 is 2.84 bits per heavy atom. The number of rotatable bonds is 3. The van der Waals surface area contributed by atoms with Gasteiger partial charge >= 0.3 is 6.03 Å². The molecule has 102 valence electrons. The number of nitrogens with one attached hydrogen (secondary N) is 1. The number of carbonyl (C=O) groups excluding carboxylic acids is 2. The molecule has 3 N–H and O–H groups in total. The summed E-state index contributed by atoms with van der Waals surface area (Å²) in [5.74, 6) is 0.139. The van der Waals surface area contributed by atoms with E-state index >= 15 is 0 Å². The van der Waals surface area contributed by atoms with Gasteiger partial charge in [-0.25, -0.2) is 4.79 Å². The number of hydrogen-bond donors (Lipinski definition) is 2. The van der Waals surface area contributed by atoms with E-state index in [1.165, 1.54) is 0 Å². The average molecular weight is 282 g/mol. The van der Waals surface area contributed by atoms with Gasteiger partial charge in [0.15, 0.2) is 0 Å². The summed E-state index contributed by atoms with van der Waals surface area (Å²) in [4.78, 5) is 24.1.